The van der Waals surface area contributed by atoms with Crippen LogP contribution in [-0.4, -0.2) is 25.1 Å². The average molecular weight is 119 g/mol. The van der Waals surface area contributed by atoms with Gasteiger partial charge in [0.15, 0.2) is 0 Å². The second-order valence-electron chi connectivity index (χ2n) is 1.84. The number of nitrogens with two attached hydrogens (primary N) is 1. The summed E-state index contributed by atoms with van der Waals surface area (Å²) in [4.78, 5) is 0. The molecule has 0 saturated heterocycles. The molecule has 0 radical (unpaired) electrons. The number of hydrogen-bond donors (Lipinski definition) is 2. The molecule has 50 valence electrons. The van der Waals surface area contributed by atoms with Crippen LogP contribution in [0.1, 0.15) is 6.92 Å². The second-order valence-corrected chi connectivity index (χ2v) is 1.84. The lowest BCUT2D eigenvalue weighted by Crippen LogP contribution is -2.16. The van der Waals surface area contributed by atoms with Crippen molar-refractivity contribution in [3.05, 3.63) is 0 Å². The molecule has 0 aliphatic rings. The minimum Gasteiger partial charge on any atom is -0.371 e. The molecule has 0 aromatic carbocycles. The molecular weight excluding hydrogens is 106 g/mol. The third-order valence-corrected chi connectivity index (χ3v) is 0.896. The van der Waals surface area contributed by atoms with Crippen LogP contribution in [0, 0.1) is 5.92 Å². The van der Waals surface area contributed by atoms with E-state index < -0.39 is 0 Å². The Morgan fingerprint density at radius 3 is 2.75 bits per heavy atom. The number of aliphatic hydroxyl groups excluding tert-OH is 1. The van der Waals surface area contributed by atoms with Crippen molar-refractivity contribution in [1.29, 1.82) is 0 Å². The zero-order valence-corrected chi connectivity index (χ0v) is 5.13. The third kappa shape index (κ3) is 4.05. The molecule has 0 aliphatic heterocycles. The first-order valence-electron chi connectivity index (χ1n) is 2.70. The van der Waals surface area contributed by atoms with Crippen molar-refractivity contribution >= 4 is 0 Å². The summed E-state index contributed by atoms with van der Waals surface area (Å²) in [6, 6.07) is 0. The maximum atomic E-state index is 8.15. The smallest absolute Gasteiger partial charge is 0.143 e. The predicted molar refractivity (Wildman–Crippen MR) is 31.3 cm³/mol. The van der Waals surface area contributed by atoms with Crippen LogP contribution in [0.2, 0.25) is 0 Å². The first kappa shape index (κ1) is 7.88. The number of aliphatic hydroxyl groups is 1. The monoisotopic (exact) mass is 119 g/mol. The van der Waals surface area contributed by atoms with E-state index >= 15 is 0 Å². The highest BCUT2D eigenvalue weighted by Crippen LogP contribution is 1.89. The van der Waals surface area contributed by atoms with E-state index in [0.717, 1.165) is 0 Å². The molecule has 8 heavy (non-hydrogen) atoms. The topological polar surface area (TPSA) is 55.5 Å². The molecule has 0 aromatic rings. The predicted octanol–water partition coefficient (Wildman–Crippen LogP) is -0.452. The summed E-state index contributed by atoms with van der Waals surface area (Å²) in [7, 11) is 0. The molecule has 0 rings (SSSR count). The average Bonchev–Trinajstić information content (AvgIpc) is 1.83. The molecular formula is C5H13NO2. The Bertz CT molecular complexity index is 49.7. The lowest BCUT2D eigenvalue weighted by atomic mass is 10.2. The zero-order valence-electron chi connectivity index (χ0n) is 5.13. The molecule has 3 nitrogen and oxygen atoms in total. The highest BCUT2D eigenvalue weighted by molar-refractivity contribution is 4.47. The fraction of sp³-hybridized carbons (Fsp3) is 1.00. The van der Waals surface area contributed by atoms with Crippen molar-refractivity contribution in [2.45, 2.75) is 6.92 Å². The van der Waals surface area contributed by atoms with E-state index in [2.05, 4.69) is 4.74 Å². The lowest BCUT2D eigenvalue weighted by molar-refractivity contribution is -0.0140. The van der Waals surface area contributed by atoms with Crippen molar-refractivity contribution < 1.29 is 9.84 Å². The molecule has 0 amide bonds. The van der Waals surface area contributed by atoms with Crippen LogP contribution >= 0.6 is 0 Å². The van der Waals surface area contributed by atoms with Gasteiger partial charge in [-0.2, -0.15) is 0 Å². The molecule has 0 heterocycles. The van der Waals surface area contributed by atoms with E-state index in [9.17, 15) is 0 Å². The van der Waals surface area contributed by atoms with Crippen molar-refractivity contribution in [1.82, 2.24) is 0 Å². The van der Waals surface area contributed by atoms with Crippen molar-refractivity contribution in [3.8, 4) is 0 Å². The Morgan fingerprint density at radius 2 is 2.38 bits per heavy atom. The first-order valence-corrected chi connectivity index (χ1v) is 2.70. The summed E-state index contributed by atoms with van der Waals surface area (Å²) < 4.78 is 4.66. The Kier molecular flexibility index (Phi) is 4.95. The molecule has 0 aliphatic carbocycles. The van der Waals surface area contributed by atoms with E-state index in [4.69, 9.17) is 10.8 Å². The van der Waals surface area contributed by atoms with Gasteiger partial charge in [-0.15, -0.1) is 0 Å². The van der Waals surface area contributed by atoms with Crippen LogP contribution in [0.15, 0.2) is 0 Å². The van der Waals surface area contributed by atoms with Crippen LogP contribution in [-0.2, 0) is 4.74 Å². The van der Waals surface area contributed by atoms with E-state index in [-0.39, 0.29) is 6.79 Å². The highest BCUT2D eigenvalue weighted by Gasteiger charge is 1.95. The quantitative estimate of drug-likeness (QED) is 0.493. The van der Waals surface area contributed by atoms with Crippen molar-refractivity contribution in [3.63, 3.8) is 0 Å². The molecule has 3 heteroatoms. The summed E-state index contributed by atoms with van der Waals surface area (Å²) in [5, 5.41) is 8.15. The summed E-state index contributed by atoms with van der Waals surface area (Å²) in [5.41, 5.74) is 5.25. The number of hydrogen-bond acceptors (Lipinski definition) is 3. The Morgan fingerprint density at radius 1 is 1.75 bits per heavy atom. The molecule has 0 spiro atoms. The molecule has 0 aromatic heterocycles. The van der Waals surface area contributed by atoms with Gasteiger partial charge in [0.25, 0.3) is 0 Å². The van der Waals surface area contributed by atoms with Crippen LogP contribution in [0.3, 0.4) is 0 Å². The molecule has 1 unspecified atom stereocenters. The maximum Gasteiger partial charge on any atom is 0.143 e. The van der Waals surface area contributed by atoms with Crippen LogP contribution in [0.5, 0.6) is 0 Å². The van der Waals surface area contributed by atoms with Crippen LogP contribution in [0.4, 0.5) is 0 Å². The van der Waals surface area contributed by atoms with Gasteiger partial charge < -0.3 is 15.6 Å². The summed E-state index contributed by atoms with van der Waals surface area (Å²) in [5.74, 6) is 0.349. The minimum absolute atomic E-state index is 0.204. The largest absolute Gasteiger partial charge is 0.371 e. The van der Waals surface area contributed by atoms with Gasteiger partial charge in [0.1, 0.15) is 6.79 Å². The Hall–Kier alpha value is -0.120. The first-order chi connectivity index (χ1) is 3.81. The van der Waals surface area contributed by atoms with Crippen LogP contribution in [0.25, 0.3) is 0 Å². The normalized spacial score (nSPS) is 13.9. The maximum absolute atomic E-state index is 8.15. The second kappa shape index (κ2) is 5.03. The molecule has 1 atom stereocenters. The van der Waals surface area contributed by atoms with Gasteiger partial charge in [-0.1, -0.05) is 6.92 Å². The fourth-order valence-electron chi connectivity index (χ4n) is 0.322. The van der Waals surface area contributed by atoms with Crippen LogP contribution < -0.4 is 5.73 Å². The molecule has 0 fully saturated rings. The summed E-state index contributed by atoms with van der Waals surface area (Å²) in [6.45, 7) is 2.92. The van der Waals surface area contributed by atoms with Gasteiger partial charge in [0.2, 0.25) is 0 Å². The zero-order chi connectivity index (χ0) is 6.41. The molecule has 3 N–H and O–H groups in total. The van der Waals surface area contributed by atoms with Gasteiger partial charge in [-0.3, -0.25) is 0 Å². The molecule has 0 saturated carbocycles. The number of rotatable bonds is 4. The van der Waals surface area contributed by atoms with Gasteiger partial charge in [-0.05, 0) is 12.5 Å². The molecule has 0 bridgehead atoms. The van der Waals surface area contributed by atoms with E-state index in [1.165, 1.54) is 0 Å². The van der Waals surface area contributed by atoms with Gasteiger partial charge in [-0.25, -0.2) is 0 Å². The lowest BCUT2D eigenvalue weighted by Gasteiger charge is -2.05. The minimum atomic E-state index is -0.204. The fourth-order valence-corrected chi connectivity index (χ4v) is 0.322. The van der Waals surface area contributed by atoms with E-state index in [1.54, 1.807) is 0 Å². The summed E-state index contributed by atoms with van der Waals surface area (Å²) in [6.07, 6.45) is 0. The van der Waals surface area contributed by atoms with Gasteiger partial charge >= 0.3 is 0 Å². The van der Waals surface area contributed by atoms with E-state index in [1.807, 2.05) is 6.92 Å². The third-order valence-electron chi connectivity index (χ3n) is 0.896. The van der Waals surface area contributed by atoms with Crippen molar-refractivity contribution in [2.24, 2.45) is 11.7 Å². The standard InChI is InChI=1S/C5H13NO2/c1-5(2-6)3-8-4-7/h5,7H,2-4,6H2,1H3. The van der Waals surface area contributed by atoms with E-state index in [0.29, 0.717) is 19.1 Å². The Balaban J connectivity index is 2.86. The summed E-state index contributed by atoms with van der Waals surface area (Å²) >= 11 is 0. The Labute approximate surface area is 49.4 Å². The van der Waals surface area contributed by atoms with Crippen molar-refractivity contribution in [2.75, 3.05) is 19.9 Å². The van der Waals surface area contributed by atoms with Gasteiger partial charge in [0, 0.05) is 0 Å². The number of ether oxygens (including phenoxy) is 1. The van der Waals surface area contributed by atoms with Gasteiger partial charge in [0.05, 0.1) is 6.61 Å². The highest BCUT2D eigenvalue weighted by atomic mass is 16.6. The SMILES string of the molecule is CC(CN)COCO.